The maximum Gasteiger partial charge on any atom is 0.339 e. The lowest BCUT2D eigenvalue weighted by Gasteiger charge is -2.26. The molecule has 0 aliphatic carbocycles. The summed E-state index contributed by atoms with van der Waals surface area (Å²) in [6.07, 6.45) is -0.527. The Morgan fingerprint density at radius 2 is 1.45 bits per heavy atom. The second kappa shape index (κ2) is 7.59. The molecule has 0 bridgehead atoms. The summed E-state index contributed by atoms with van der Waals surface area (Å²) in [4.78, 5) is 27.6. The van der Waals surface area contributed by atoms with Crippen LogP contribution in [-0.4, -0.2) is 34.5 Å². The van der Waals surface area contributed by atoms with Crippen LogP contribution in [0.2, 0.25) is 0 Å². The van der Waals surface area contributed by atoms with Crippen LogP contribution < -0.4 is 0 Å². The summed E-state index contributed by atoms with van der Waals surface area (Å²) in [6.45, 7) is 10.7. The third-order valence-corrected chi connectivity index (χ3v) is 3.21. The lowest BCUT2D eigenvalue weighted by molar-refractivity contribution is -0.282. The average Bonchev–Trinajstić information content (AvgIpc) is 2.34. The molecule has 20 heavy (non-hydrogen) atoms. The fourth-order valence-corrected chi connectivity index (χ4v) is 1.15. The van der Waals surface area contributed by atoms with Crippen molar-refractivity contribution in [2.45, 2.75) is 78.1 Å². The molecular formula is C14H26O6. The molecule has 0 aliphatic heterocycles. The minimum Gasteiger partial charge on any atom is -0.460 e. The number of carbonyl (C=O) groups excluding carboxylic acids is 2. The minimum absolute atomic E-state index is 0.390. The van der Waals surface area contributed by atoms with E-state index in [1.165, 1.54) is 0 Å². The molecule has 0 spiro atoms. The van der Waals surface area contributed by atoms with Crippen molar-refractivity contribution in [1.82, 2.24) is 0 Å². The van der Waals surface area contributed by atoms with E-state index in [-0.39, 0.29) is 0 Å². The van der Waals surface area contributed by atoms with E-state index in [1.54, 1.807) is 27.7 Å². The van der Waals surface area contributed by atoms with Crippen LogP contribution in [0, 0.1) is 0 Å². The van der Waals surface area contributed by atoms with Crippen LogP contribution in [0.1, 0.15) is 60.8 Å². The molecular weight excluding hydrogens is 264 g/mol. The van der Waals surface area contributed by atoms with Crippen molar-refractivity contribution in [1.29, 1.82) is 0 Å². The van der Waals surface area contributed by atoms with Crippen LogP contribution in [-0.2, 0) is 24.0 Å². The average molecular weight is 290 g/mol. The van der Waals surface area contributed by atoms with Crippen LogP contribution in [0.25, 0.3) is 0 Å². The zero-order chi connectivity index (χ0) is 16.0. The Morgan fingerprint density at radius 3 is 1.85 bits per heavy atom. The van der Waals surface area contributed by atoms with Gasteiger partial charge in [-0.2, -0.15) is 0 Å². The summed E-state index contributed by atoms with van der Waals surface area (Å²) in [5.74, 6) is -1.41. The van der Waals surface area contributed by atoms with Gasteiger partial charge < -0.3 is 9.47 Å². The summed E-state index contributed by atoms with van der Waals surface area (Å²) in [6, 6.07) is 0. The van der Waals surface area contributed by atoms with E-state index in [0.717, 1.165) is 0 Å². The minimum atomic E-state index is -1.37. The third kappa shape index (κ3) is 6.86. The van der Waals surface area contributed by atoms with Crippen molar-refractivity contribution in [3.05, 3.63) is 0 Å². The van der Waals surface area contributed by atoms with Crippen LogP contribution in [0.4, 0.5) is 0 Å². The van der Waals surface area contributed by atoms with Crippen LogP contribution in [0.15, 0.2) is 0 Å². The van der Waals surface area contributed by atoms with Gasteiger partial charge in [0.15, 0.2) is 6.10 Å². The zero-order valence-corrected chi connectivity index (χ0v) is 13.2. The lowest BCUT2D eigenvalue weighted by Crippen LogP contribution is -2.37. The standard InChI is InChI=1S/C14H26O6/c1-7-13(3,4)18-11(15)9-10(20-17)12(16)19-14(5,6)8-2/h10,17H,7-9H2,1-6H3. The molecule has 0 rings (SSSR count). The summed E-state index contributed by atoms with van der Waals surface area (Å²) < 4.78 is 10.4. The maximum absolute atomic E-state index is 11.8. The predicted molar refractivity (Wildman–Crippen MR) is 73.0 cm³/mol. The number of carbonyl (C=O) groups is 2. The van der Waals surface area contributed by atoms with E-state index < -0.39 is 35.7 Å². The fraction of sp³-hybridized carbons (Fsp3) is 0.857. The van der Waals surface area contributed by atoms with Gasteiger partial charge >= 0.3 is 11.9 Å². The number of hydrogen-bond donors (Lipinski definition) is 1. The molecule has 0 heterocycles. The van der Waals surface area contributed by atoms with Gasteiger partial charge in [0.2, 0.25) is 0 Å². The Kier molecular flexibility index (Phi) is 7.16. The number of rotatable bonds is 8. The molecule has 118 valence electrons. The molecule has 0 saturated carbocycles. The SMILES string of the molecule is CCC(C)(C)OC(=O)CC(OO)C(=O)OC(C)(C)CC. The Labute approximate surface area is 120 Å². The fourth-order valence-electron chi connectivity index (χ4n) is 1.15. The van der Waals surface area contributed by atoms with Gasteiger partial charge in [0.25, 0.3) is 0 Å². The summed E-state index contributed by atoms with van der Waals surface area (Å²) >= 11 is 0. The molecule has 1 N–H and O–H groups in total. The van der Waals surface area contributed by atoms with Crippen LogP contribution in [0.5, 0.6) is 0 Å². The Morgan fingerprint density at radius 1 is 1.00 bits per heavy atom. The van der Waals surface area contributed by atoms with Gasteiger partial charge in [-0.25, -0.2) is 9.68 Å². The predicted octanol–water partition coefficient (Wildman–Crippen LogP) is 2.70. The molecule has 0 aromatic heterocycles. The maximum atomic E-state index is 11.8. The second-order valence-corrected chi connectivity index (χ2v) is 5.92. The molecule has 6 nitrogen and oxygen atoms in total. The van der Waals surface area contributed by atoms with E-state index in [0.29, 0.717) is 12.8 Å². The third-order valence-electron chi connectivity index (χ3n) is 3.21. The van der Waals surface area contributed by atoms with Crippen molar-refractivity contribution < 1.29 is 29.2 Å². The second-order valence-electron chi connectivity index (χ2n) is 5.92. The highest BCUT2D eigenvalue weighted by molar-refractivity contribution is 5.82. The molecule has 0 aliphatic rings. The molecule has 6 heteroatoms. The largest absolute Gasteiger partial charge is 0.460 e. The first-order valence-electron chi connectivity index (χ1n) is 6.81. The molecule has 0 aromatic rings. The first kappa shape index (κ1) is 18.9. The van der Waals surface area contributed by atoms with Crippen molar-refractivity contribution in [2.75, 3.05) is 0 Å². The van der Waals surface area contributed by atoms with Gasteiger partial charge in [0.1, 0.15) is 11.2 Å². The quantitative estimate of drug-likeness (QED) is 0.420. The van der Waals surface area contributed by atoms with Crippen molar-refractivity contribution in [3.8, 4) is 0 Å². The number of esters is 2. The van der Waals surface area contributed by atoms with E-state index in [1.807, 2.05) is 13.8 Å². The molecule has 0 aromatic carbocycles. The van der Waals surface area contributed by atoms with Gasteiger partial charge in [-0.3, -0.25) is 10.1 Å². The van der Waals surface area contributed by atoms with E-state index >= 15 is 0 Å². The van der Waals surface area contributed by atoms with Gasteiger partial charge in [-0.15, -0.1) is 0 Å². The van der Waals surface area contributed by atoms with Gasteiger partial charge in [-0.1, -0.05) is 13.8 Å². The Hall–Kier alpha value is -1.14. The molecule has 0 radical (unpaired) electrons. The summed E-state index contributed by atoms with van der Waals surface area (Å²) in [7, 11) is 0. The Bertz CT molecular complexity index is 335. The van der Waals surface area contributed by atoms with Crippen molar-refractivity contribution in [3.63, 3.8) is 0 Å². The van der Waals surface area contributed by atoms with E-state index in [2.05, 4.69) is 4.89 Å². The molecule has 0 amide bonds. The van der Waals surface area contributed by atoms with Crippen LogP contribution in [0.3, 0.4) is 0 Å². The first-order valence-corrected chi connectivity index (χ1v) is 6.81. The highest BCUT2D eigenvalue weighted by atomic mass is 17.1. The highest BCUT2D eigenvalue weighted by Gasteiger charge is 2.32. The molecule has 1 atom stereocenters. The van der Waals surface area contributed by atoms with Crippen LogP contribution >= 0.6 is 0 Å². The van der Waals surface area contributed by atoms with E-state index in [9.17, 15) is 9.59 Å². The van der Waals surface area contributed by atoms with E-state index in [4.69, 9.17) is 14.7 Å². The molecule has 0 fully saturated rings. The van der Waals surface area contributed by atoms with Crippen molar-refractivity contribution in [2.24, 2.45) is 0 Å². The summed E-state index contributed by atoms with van der Waals surface area (Å²) in [5, 5.41) is 8.76. The highest BCUT2D eigenvalue weighted by Crippen LogP contribution is 2.18. The molecule has 0 saturated heterocycles. The van der Waals surface area contributed by atoms with Crippen molar-refractivity contribution >= 4 is 11.9 Å². The van der Waals surface area contributed by atoms with Gasteiger partial charge in [0, 0.05) is 0 Å². The normalized spacial score (nSPS) is 13.8. The summed E-state index contributed by atoms with van der Waals surface area (Å²) in [5.41, 5.74) is -1.30. The van der Waals surface area contributed by atoms with Gasteiger partial charge in [0.05, 0.1) is 6.42 Å². The Balaban J connectivity index is 4.55. The van der Waals surface area contributed by atoms with Gasteiger partial charge in [-0.05, 0) is 40.5 Å². The smallest absolute Gasteiger partial charge is 0.339 e. The molecule has 1 unspecified atom stereocenters. The monoisotopic (exact) mass is 290 g/mol. The first-order chi connectivity index (χ1) is 9.06. The lowest BCUT2D eigenvalue weighted by atomic mass is 10.1. The number of hydrogen-bond acceptors (Lipinski definition) is 6. The zero-order valence-electron chi connectivity index (χ0n) is 13.2. The topological polar surface area (TPSA) is 82.1 Å². The number of ether oxygens (including phenoxy) is 2.